The molecule has 0 fully saturated rings. The molecule has 1 aromatic rings. The molecule has 0 saturated carbocycles. The SMILES string of the molecule is COC(=O)C(C)CC(=O)C(C)Cc1ccc(C=O)cc1. The fourth-order valence-electron chi connectivity index (χ4n) is 1.99. The third-order valence-electron chi connectivity index (χ3n) is 3.32. The molecule has 0 saturated heterocycles. The maximum absolute atomic E-state index is 12.0. The summed E-state index contributed by atoms with van der Waals surface area (Å²) in [6, 6.07) is 7.15. The van der Waals surface area contributed by atoms with Crippen molar-refractivity contribution in [3.8, 4) is 0 Å². The quantitative estimate of drug-likeness (QED) is 0.567. The second-order valence-corrected chi connectivity index (χ2v) is 5.06. The highest BCUT2D eigenvalue weighted by Gasteiger charge is 2.21. The van der Waals surface area contributed by atoms with Crippen LogP contribution in [0.2, 0.25) is 0 Å². The lowest BCUT2D eigenvalue weighted by molar-refractivity contribution is -0.146. The highest BCUT2D eigenvalue weighted by atomic mass is 16.5. The number of methoxy groups -OCH3 is 1. The molecule has 4 nitrogen and oxygen atoms in total. The van der Waals surface area contributed by atoms with E-state index in [2.05, 4.69) is 4.74 Å². The summed E-state index contributed by atoms with van der Waals surface area (Å²) in [7, 11) is 1.32. The van der Waals surface area contributed by atoms with E-state index in [-0.39, 0.29) is 24.1 Å². The molecule has 0 aliphatic heterocycles. The molecule has 0 N–H and O–H groups in total. The smallest absolute Gasteiger partial charge is 0.308 e. The first-order valence-corrected chi connectivity index (χ1v) is 6.62. The molecule has 2 atom stereocenters. The van der Waals surface area contributed by atoms with Crippen LogP contribution in [0.15, 0.2) is 24.3 Å². The average molecular weight is 276 g/mol. The standard InChI is InChI=1S/C16H20O4/c1-11(15(18)9-12(2)16(19)20-3)8-13-4-6-14(10-17)7-5-13/h4-7,10-12H,8-9H2,1-3H3. The van der Waals surface area contributed by atoms with Crippen molar-refractivity contribution >= 4 is 18.0 Å². The van der Waals surface area contributed by atoms with Crippen molar-refractivity contribution in [2.24, 2.45) is 11.8 Å². The number of Topliss-reactive ketones (excluding diaryl/α,β-unsaturated/α-hetero) is 1. The van der Waals surface area contributed by atoms with Gasteiger partial charge >= 0.3 is 5.97 Å². The van der Waals surface area contributed by atoms with Gasteiger partial charge in [0.1, 0.15) is 12.1 Å². The lowest BCUT2D eigenvalue weighted by Crippen LogP contribution is -2.21. The molecule has 0 aliphatic carbocycles. The summed E-state index contributed by atoms with van der Waals surface area (Å²) in [6.07, 6.45) is 1.59. The van der Waals surface area contributed by atoms with Crippen molar-refractivity contribution < 1.29 is 19.1 Å². The van der Waals surface area contributed by atoms with Crippen LogP contribution in [0, 0.1) is 11.8 Å². The second kappa shape index (κ2) is 7.58. The number of hydrogen-bond donors (Lipinski definition) is 0. The van der Waals surface area contributed by atoms with Crippen molar-refractivity contribution in [3.05, 3.63) is 35.4 Å². The van der Waals surface area contributed by atoms with E-state index in [1.165, 1.54) is 7.11 Å². The first-order chi connectivity index (χ1) is 9.47. The van der Waals surface area contributed by atoms with E-state index in [0.717, 1.165) is 11.8 Å². The Balaban J connectivity index is 2.56. The molecular weight excluding hydrogens is 256 g/mol. The van der Waals surface area contributed by atoms with E-state index >= 15 is 0 Å². The van der Waals surface area contributed by atoms with Crippen LogP contribution < -0.4 is 0 Å². The number of ether oxygens (including phenoxy) is 1. The van der Waals surface area contributed by atoms with Crippen molar-refractivity contribution in [2.75, 3.05) is 7.11 Å². The highest BCUT2D eigenvalue weighted by molar-refractivity contribution is 5.85. The largest absolute Gasteiger partial charge is 0.469 e. The second-order valence-electron chi connectivity index (χ2n) is 5.06. The van der Waals surface area contributed by atoms with Crippen LogP contribution in [0.1, 0.15) is 36.2 Å². The van der Waals surface area contributed by atoms with Gasteiger partial charge in [-0.1, -0.05) is 38.1 Å². The van der Waals surface area contributed by atoms with Gasteiger partial charge < -0.3 is 4.74 Å². The number of ketones is 1. The van der Waals surface area contributed by atoms with Crippen LogP contribution in [0.25, 0.3) is 0 Å². The van der Waals surface area contributed by atoms with Crippen molar-refractivity contribution in [3.63, 3.8) is 0 Å². The predicted octanol–water partition coefficient (Wildman–Crippen LogP) is 2.45. The zero-order valence-corrected chi connectivity index (χ0v) is 12.1. The van der Waals surface area contributed by atoms with Gasteiger partial charge in [-0.15, -0.1) is 0 Å². The number of hydrogen-bond acceptors (Lipinski definition) is 4. The molecule has 0 aromatic heterocycles. The predicted molar refractivity (Wildman–Crippen MR) is 75.5 cm³/mol. The molecule has 0 heterocycles. The Hall–Kier alpha value is -1.97. The zero-order valence-electron chi connectivity index (χ0n) is 12.1. The zero-order chi connectivity index (χ0) is 15.1. The van der Waals surface area contributed by atoms with Gasteiger partial charge in [0.05, 0.1) is 13.0 Å². The van der Waals surface area contributed by atoms with Crippen LogP contribution in [0.3, 0.4) is 0 Å². The highest BCUT2D eigenvalue weighted by Crippen LogP contribution is 2.15. The fourth-order valence-corrected chi connectivity index (χ4v) is 1.99. The Morgan fingerprint density at radius 2 is 1.75 bits per heavy atom. The molecule has 0 aliphatic rings. The Bertz CT molecular complexity index is 476. The molecule has 0 spiro atoms. The van der Waals surface area contributed by atoms with Gasteiger partial charge in [-0.25, -0.2) is 0 Å². The van der Waals surface area contributed by atoms with Crippen LogP contribution in [0.5, 0.6) is 0 Å². The van der Waals surface area contributed by atoms with Gasteiger partial charge in [0, 0.05) is 17.9 Å². The summed E-state index contributed by atoms with van der Waals surface area (Å²) in [5.41, 5.74) is 1.62. The van der Waals surface area contributed by atoms with Crippen LogP contribution >= 0.6 is 0 Å². The summed E-state index contributed by atoms with van der Waals surface area (Å²) >= 11 is 0. The molecule has 108 valence electrons. The van der Waals surface area contributed by atoms with Gasteiger partial charge in [0.2, 0.25) is 0 Å². The number of aldehydes is 1. The fraction of sp³-hybridized carbons (Fsp3) is 0.438. The van der Waals surface area contributed by atoms with Gasteiger partial charge in [0.15, 0.2) is 0 Å². The Kier molecular flexibility index (Phi) is 6.10. The van der Waals surface area contributed by atoms with Crippen LogP contribution in [-0.2, 0) is 20.7 Å². The topological polar surface area (TPSA) is 60.4 Å². The summed E-state index contributed by atoms with van der Waals surface area (Å²) in [6.45, 7) is 3.54. The normalized spacial score (nSPS) is 13.3. The summed E-state index contributed by atoms with van der Waals surface area (Å²) in [5.74, 6) is -0.889. The van der Waals surface area contributed by atoms with E-state index in [0.29, 0.717) is 12.0 Å². The monoisotopic (exact) mass is 276 g/mol. The summed E-state index contributed by atoms with van der Waals surface area (Å²) in [5, 5.41) is 0. The van der Waals surface area contributed by atoms with Gasteiger partial charge in [-0.05, 0) is 12.0 Å². The Morgan fingerprint density at radius 1 is 1.15 bits per heavy atom. The Morgan fingerprint density at radius 3 is 2.25 bits per heavy atom. The van der Waals surface area contributed by atoms with E-state index < -0.39 is 5.92 Å². The maximum atomic E-state index is 12.0. The molecule has 0 radical (unpaired) electrons. The van der Waals surface area contributed by atoms with Crippen molar-refractivity contribution in [1.29, 1.82) is 0 Å². The third kappa shape index (κ3) is 4.61. The third-order valence-corrected chi connectivity index (χ3v) is 3.32. The van der Waals surface area contributed by atoms with Crippen molar-refractivity contribution in [1.82, 2.24) is 0 Å². The first-order valence-electron chi connectivity index (χ1n) is 6.62. The Labute approximate surface area is 119 Å². The van der Waals surface area contributed by atoms with Gasteiger partial charge in [0.25, 0.3) is 0 Å². The minimum absolute atomic E-state index is 0.0439. The molecular formula is C16H20O4. The van der Waals surface area contributed by atoms with Crippen LogP contribution in [0.4, 0.5) is 0 Å². The molecule has 4 heteroatoms. The lowest BCUT2D eigenvalue weighted by atomic mass is 9.91. The maximum Gasteiger partial charge on any atom is 0.308 e. The lowest BCUT2D eigenvalue weighted by Gasteiger charge is -2.13. The number of esters is 1. The van der Waals surface area contributed by atoms with Crippen LogP contribution in [-0.4, -0.2) is 25.1 Å². The van der Waals surface area contributed by atoms with E-state index in [1.807, 2.05) is 19.1 Å². The molecule has 1 rings (SSSR count). The average Bonchev–Trinajstić information content (AvgIpc) is 2.46. The minimum atomic E-state index is -0.410. The number of carbonyl (C=O) groups is 3. The molecule has 0 amide bonds. The first kappa shape index (κ1) is 16.1. The summed E-state index contributed by atoms with van der Waals surface area (Å²) in [4.78, 5) is 33.9. The van der Waals surface area contributed by atoms with E-state index in [9.17, 15) is 14.4 Å². The van der Waals surface area contributed by atoms with Gasteiger partial charge in [-0.2, -0.15) is 0 Å². The summed E-state index contributed by atoms with van der Waals surface area (Å²) < 4.78 is 4.61. The van der Waals surface area contributed by atoms with E-state index in [4.69, 9.17) is 0 Å². The number of rotatable bonds is 7. The molecule has 20 heavy (non-hydrogen) atoms. The molecule has 0 bridgehead atoms. The number of benzene rings is 1. The van der Waals surface area contributed by atoms with Gasteiger partial charge in [-0.3, -0.25) is 14.4 Å². The van der Waals surface area contributed by atoms with Crippen molar-refractivity contribution in [2.45, 2.75) is 26.7 Å². The molecule has 2 unspecified atom stereocenters. The minimum Gasteiger partial charge on any atom is -0.469 e. The molecule has 1 aromatic carbocycles. The van der Waals surface area contributed by atoms with E-state index in [1.54, 1.807) is 19.1 Å². The number of carbonyl (C=O) groups excluding carboxylic acids is 3.